The van der Waals surface area contributed by atoms with Crippen molar-refractivity contribution in [2.75, 3.05) is 13.7 Å². The Labute approximate surface area is 121 Å². The van der Waals surface area contributed by atoms with E-state index in [1.807, 2.05) is 39.0 Å². The van der Waals surface area contributed by atoms with Crippen molar-refractivity contribution < 1.29 is 9.47 Å². The molecule has 0 bridgehead atoms. The minimum atomic E-state index is -0.173. The van der Waals surface area contributed by atoms with Crippen LogP contribution in [0.3, 0.4) is 0 Å². The molecular formula is C15H24ClNO2. The summed E-state index contributed by atoms with van der Waals surface area (Å²) in [7, 11) is 1.71. The fraction of sp³-hybridized carbons (Fsp3) is 0.600. The van der Waals surface area contributed by atoms with E-state index in [0.717, 1.165) is 24.2 Å². The highest BCUT2D eigenvalue weighted by molar-refractivity contribution is 6.30. The molecule has 0 aliphatic rings. The summed E-state index contributed by atoms with van der Waals surface area (Å²) in [6.45, 7) is 6.66. The third kappa shape index (κ3) is 5.81. The summed E-state index contributed by atoms with van der Waals surface area (Å²) in [5, 5.41) is 0.709. The maximum absolute atomic E-state index is 6.01. The van der Waals surface area contributed by atoms with E-state index in [2.05, 4.69) is 0 Å². The third-order valence-electron chi connectivity index (χ3n) is 3.08. The number of rotatable bonds is 7. The molecule has 1 rings (SSSR count). The Morgan fingerprint density at radius 2 is 2.05 bits per heavy atom. The Balaban J connectivity index is 2.67. The standard InChI is InChI=1S/C15H24ClNO2/c1-11(17)9-12-10-13(16)5-6-14(12)19-8-7-15(2,3)18-4/h5-6,10-11H,7-9,17H2,1-4H3. The Morgan fingerprint density at radius 3 is 2.63 bits per heavy atom. The highest BCUT2D eigenvalue weighted by Crippen LogP contribution is 2.25. The van der Waals surface area contributed by atoms with Gasteiger partial charge < -0.3 is 15.2 Å². The van der Waals surface area contributed by atoms with E-state index in [9.17, 15) is 0 Å². The van der Waals surface area contributed by atoms with Gasteiger partial charge in [-0.05, 0) is 51.0 Å². The summed E-state index contributed by atoms with van der Waals surface area (Å²) < 4.78 is 11.2. The van der Waals surface area contributed by atoms with Crippen LogP contribution in [0.4, 0.5) is 0 Å². The third-order valence-corrected chi connectivity index (χ3v) is 3.31. The van der Waals surface area contributed by atoms with Crippen LogP contribution in [0.15, 0.2) is 18.2 Å². The summed E-state index contributed by atoms with van der Waals surface area (Å²) in [4.78, 5) is 0. The first kappa shape index (κ1) is 16.3. The first-order valence-electron chi connectivity index (χ1n) is 6.56. The molecular weight excluding hydrogens is 262 g/mol. The lowest BCUT2D eigenvalue weighted by Gasteiger charge is -2.23. The van der Waals surface area contributed by atoms with Crippen LogP contribution in [-0.4, -0.2) is 25.4 Å². The number of halogens is 1. The second-order valence-electron chi connectivity index (χ2n) is 5.50. The van der Waals surface area contributed by atoms with Crippen LogP contribution in [0.5, 0.6) is 5.75 Å². The maximum atomic E-state index is 6.01. The maximum Gasteiger partial charge on any atom is 0.122 e. The van der Waals surface area contributed by atoms with Crippen LogP contribution in [0.1, 0.15) is 32.8 Å². The molecule has 0 aromatic heterocycles. The lowest BCUT2D eigenvalue weighted by Crippen LogP contribution is -2.25. The fourth-order valence-corrected chi connectivity index (χ4v) is 1.90. The van der Waals surface area contributed by atoms with E-state index in [-0.39, 0.29) is 11.6 Å². The molecule has 1 atom stereocenters. The topological polar surface area (TPSA) is 44.5 Å². The highest BCUT2D eigenvalue weighted by atomic mass is 35.5. The van der Waals surface area contributed by atoms with Crippen LogP contribution in [0, 0.1) is 0 Å². The largest absolute Gasteiger partial charge is 0.493 e. The fourth-order valence-electron chi connectivity index (χ4n) is 1.70. The van der Waals surface area contributed by atoms with Gasteiger partial charge in [-0.25, -0.2) is 0 Å². The summed E-state index contributed by atoms with van der Waals surface area (Å²) in [5.41, 5.74) is 6.72. The van der Waals surface area contributed by atoms with E-state index >= 15 is 0 Å². The van der Waals surface area contributed by atoms with Crippen molar-refractivity contribution in [3.05, 3.63) is 28.8 Å². The van der Waals surface area contributed by atoms with Gasteiger partial charge in [0.2, 0.25) is 0 Å². The minimum Gasteiger partial charge on any atom is -0.493 e. The SMILES string of the molecule is COC(C)(C)CCOc1ccc(Cl)cc1CC(C)N. The molecule has 0 amide bonds. The van der Waals surface area contributed by atoms with Crippen LogP contribution in [0.25, 0.3) is 0 Å². The Kier molecular flexibility index (Phi) is 6.11. The zero-order chi connectivity index (χ0) is 14.5. The number of ether oxygens (including phenoxy) is 2. The van der Waals surface area contributed by atoms with Crippen molar-refractivity contribution in [2.45, 2.75) is 45.3 Å². The van der Waals surface area contributed by atoms with Crippen LogP contribution in [-0.2, 0) is 11.2 Å². The molecule has 3 nitrogen and oxygen atoms in total. The normalized spacial score (nSPS) is 13.4. The van der Waals surface area contributed by atoms with Gasteiger partial charge in [-0.3, -0.25) is 0 Å². The average Bonchev–Trinajstić information content (AvgIpc) is 2.31. The van der Waals surface area contributed by atoms with Crippen LogP contribution >= 0.6 is 11.6 Å². The van der Waals surface area contributed by atoms with Crippen molar-refractivity contribution in [1.29, 1.82) is 0 Å². The Bertz CT molecular complexity index is 405. The molecule has 0 aliphatic heterocycles. The first-order chi connectivity index (χ1) is 8.84. The van der Waals surface area contributed by atoms with Crippen molar-refractivity contribution in [3.8, 4) is 5.75 Å². The van der Waals surface area contributed by atoms with E-state index < -0.39 is 0 Å². The number of benzene rings is 1. The molecule has 2 N–H and O–H groups in total. The summed E-state index contributed by atoms with van der Waals surface area (Å²) >= 11 is 6.01. The van der Waals surface area contributed by atoms with Gasteiger partial charge in [0.25, 0.3) is 0 Å². The zero-order valence-corrected chi connectivity index (χ0v) is 13.0. The van der Waals surface area contributed by atoms with Gasteiger partial charge in [0.1, 0.15) is 5.75 Å². The summed E-state index contributed by atoms with van der Waals surface area (Å²) in [6, 6.07) is 5.74. The van der Waals surface area contributed by atoms with Gasteiger partial charge in [0.05, 0.1) is 12.2 Å². The molecule has 0 saturated heterocycles. The van der Waals surface area contributed by atoms with Crippen molar-refractivity contribution >= 4 is 11.6 Å². The number of hydrogen-bond donors (Lipinski definition) is 1. The van der Waals surface area contributed by atoms with Gasteiger partial charge >= 0.3 is 0 Å². The zero-order valence-electron chi connectivity index (χ0n) is 12.2. The summed E-state index contributed by atoms with van der Waals surface area (Å²) in [5.74, 6) is 0.855. The molecule has 108 valence electrons. The van der Waals surface area contributed by atoms with Gasteiger partial charge in [-0.15, -0.1) is 0 Å². The molecule has 4 heteroatoms. The first-order valence-corrected chi connectivity index (χ1v) is 6.94. The highest BCUT2D eigenvalue weighted by Gasteiger charge is 2.16. The van der Waals surface area contributed by atoms with Gasteiger partial charge in [-0.1, -0.05) is 11.6 Å². The van der Waals surface area contributed by atoms with E-state index in [1.54, 1.807) is 7.11 Å². The molecule has 0 heterocycles. The molecule has 0 aliphatic carbocycles. The predicted octanol–water partition coefficient (Wildman–Crippen LogP) is 3.42. The molecule has 1 aromatic carbocycles. The van der Waals surface area contributed by atoms with Crippen molar-refractivity contribution in [1.82, 2.24) is 0 Å². The second-order valence-corrected chi connectivity index (χ2v) is 5.93. The number of methoxy groups -OCH3 is 1. The lowest BCUT2D eigenvalue weighted by atomic mass is 10.1. The average molecular weight is 286 g/mol. The lowest BCUT2D eigenvalue weighted by molar-refractivity contribution is 0.00537. The Hall–Kier alpha value is -0.770. The smallest absolute Gasteiger partial charge is 0.122 e. The van der Waals surface area contributed by atoms with Crippen LogP contribution in [0.2, 0.25) is 5.02 Å². The van der Waals surface area contributed by atoms with E-state index in [1.165, 1.54) is 0 Å². The Morgan fingerprint density at radius 1 is 1.37 bits per heavy atom. The molecule has 1 aromatic rings. The van der Waals surface area contributed by atoms with E-state index in [4.69, 9.17) is 26.8 Å². The monoisotopic (exact) mass is 285 g/mol. The van der Waals surface area contributed by atoms with Gasteiger partial charge in [-0.2, -0.15) is 0 Å². The van der Waals surface area contributed by atoms with Crippen LogP contribution < -0.4 is 10.5 Å². The van der Waals surface area contributed by atoms with Crippen molar-refractivity contribution in [3.63, 3.8) is 0 Å². The molecule has 0 spiro atoms. The number of nitrogens with two attached hydrogens (primary N) is 1. The van der Waals surface area contributed by atoms with Gasteiger partial charge in [0, 0.05) is 24.6 Å². The summed E-state index contributed by atoms with van der Waals surface area (Å²) in [6.07, 6.45) is 1.58. The minimum absolute atomic E-state index is 0.0798. The predicted molar refractivity (Wildman–Crippen MR) is 80.0 cm³/mol. The number of hydrogen-bond acceptors (Lipinski definition) is 3. The molecule has 0 saturated carbocycles. The second kappa shape index (κ2) is 7.13. The molecule has 19 heavy (non-hydrogen) atoms. The molecule has 0 fully saturated rings. The quantitative estimate of drug-likeness (QED) is 0.835. The molecule has 1 unspecified atom stereocenters. The van der Waals surface area contributed by atoms with Crippen molar-refractivity contribution in [2.24, 2.45) is 5.73 Å². The molecule has 0 radical (unpaired) electrons. The van der Waals surface area contributed by atoms with E-state index in [0.29, 0.717) is 11.6 Å². The van der Waals surface area contributed by atoms with Gasteiger partial charge in [0.15, 0.2) is 0 Å².